The summed E-state index contributed by atoms with van der Waals surface area (Å²) in [5.41, 5.74) is 0.823. The first-order chi connectivity index (χ1) is 6.09. The number of benzene rings is 1. The summed E-state index contributed by atoms with van der Waals surface area (Å²) in [6, 6.07) is 7.26. The van der Waals surface area contributed by atoms with Gasteiger partial charge < -0.3 is 9.54 Å². The van der Waals surface area contributed by atoms with Crippen molar-refractivity contribution in [2.75, 3.05) is 0 Å². The lowest BCUT2D eigenvalue weighted by atomic mass is 10.2. The van der Waals surface area contributed by atoms with Crippen LogP contribution in [0.4, 0.5) is 0 Å². The van der Waals surface area contributed by atoms with Crippen molar-refractivity contribution in [3.63, 3.8) is 0 Å². The van der Waals surface area contributed by atoms with Gasteiger partial charge in [0.05, 0.1) is 4.90 Å². The highest BCUT2D eigenvalue weighted by Gasteiger charge is 2.10. The van der Waals surface area contributed by atoms with E-state index in [2.05, 4.69) is 16.2 Å². The minimum absolute atomic E-state index is 0.290. The van der Waals surface area contributed by atoms with Gasteiger partial charge in [0.1, 0.15) is 0 Å². The fraction of sp³-hybridized carbons (Fsp3) is 0. The third kappa shape index (κ3) is 1.46. The molecule has 1 aromatic carbocycles. The molecule has 1 atom stereocenters. The quantitative estimate of drug-likeness (QED) is 0.758. The Labute approximate surface area is 80.3 Å². The van der Waals surface area contributed by atoms with Crippen LogP contribution in [0.2, 0.25) is 0 Å². The van der Waals surface area contributed by atoms with Crippen molar-refractivity contribution in [2.45, 2.75) is 4.90 Å². The number of rotatable bonds is 1. The lowest BCUT2D eigenvalue weighted by molar-refractivity contribution is 0.562. The average molecular weight is 213 g/mol. The topological polar surface area (TPSA) is 53.1 Å². The molecule has 0 fully saturated rings. The molecule has 0 saturated carbocycles. The first kappa shape index (κ1) is 8.68. The van der Waals surface area contributed by atoms with Crippen molar-refractivity contribution in [2.24, 2.45) is 0 Å². The summed E-state index contributed by atoms with van der Waals surface area (Å²) in [7, 11) is -3.28. The number of para-hydroxylation sites is 1. The maximum Gasteiger partial charge on any atom is 0.173 e. The van der Waals surface area contributed by atoms with Crippen molar-refractivity contribution >= 4 is 30.9 Å². The van der Waals surface area contributed by atoms with Crippen molar-refractivity contribution in [1.29, 1.82) is 0 Å². The summed E-state index contributed by atoms with van der Waals surface area (Å²) in [6.07, 6.45) is 1.49. The molecule has 13 heavy (non-hydrogen) atoms. The zero-order chi connectivity index (χ0) is 9.47. The zero-order valence-electron chi connectivity index (χ0n) is 6.56. The highest BCUT2D eigenvalue weighted by molar-refractivity contribution is 8.29. The largest absolute Gasteiger partial charge is 0.360 e. The molecule has 2 N–H and O–H groups in total. The smallest absolute Gasteiger partial charge is 0.173 e. The number of aromatic nitrogens is 1. The fourth-order valence-electron chi connectivity index (χ4n) is 1.26. The highest BCUT2D eigenvalue weighted by atomic mass is 32.8. The Hall–Kier alpha value is -0.910. The lowest BCUT2D eigenvalue weighted by Gasteiger charge is -1.95. The van der Waals surface area contributed by atoms with Gasteiger partial charge in [-0.05, 0) is 6.07 Å². The van der Waals surface area contributed by atoms with Crippen LogP contribution < -0.4 is 0 Å². The second-order valence-corrected chi connectivity index (χ2v) is 5.42. The molecule has 0 amide bonds. The number of aromatic amines is 1. The van der Waals surface area contributed by atoms with Gasteiger partial charge in [-0.2, -0.15) is 0 Å². The molecule has 5 heteroatoms. The van der Waals surface area contributed by atoms with Crippen LogP contribution in [0.1, 0.15) is 0 Å². The molecule has 0 bridgehead atoms. The monoisotopic (exact) mass is 213 g/mol. The summed E-state index contributed by atoms with van der Waals surface area (Å²) < 4.78 is 20.4. The Morgan fingerprint density at radius 1 is 1.38 bits per heavy atom. The van der Waals surface area contributed by atoms with Gasteiger partial charge in [-0.1, -0.05) is 18.2 Å². The standard InChI is InChI=1S/C8H7NO2S2/c10-13(11,12)8-5-9-7-4-2-1-3-6(7)8/h1-5,9H,(H,10,11,12). The number of nitrogens with one attached hydrogen (secondary N) is 1. The van der Waals surface area contributed by atoms with Gasteiger partial charge in [-0.15, -0.1) is 0 Å². The van der Waals surface area contributed by atoms with E-state index in [4.69, 9.17) is 0 Å². The van der Waals surface area contributed by atoms with E-state index in [-0.39, 0.29) is 4.90 Å². The third-order valence-corrected chi connectivity index (χ3v) is 3.26. The van der Waals surface area contributed by atoms with Crippen molar-refractivity contribution in [3.8, 4) is 0 Å². The zero-order valence-corrected chi connectivity index (χ0v) is 8.19. The Balaban J connectivity index is 2.87. The fourth-order valence-corrected chi connectivity index (χ4v) is 2.34. The summed E-state index contributed by atoms with van der Waals surface area (Å²) >= 11 is 4.50. The van der Waals surface area contributed by atoms with Gasteiger partial charge in [0, 0.05) is 28.3 Å². The summed E-state index contributed by atoms with van der Waals surface area (Å²) in [6.45, 7) is 0. The van der Waals surface area contributed by atoms with Crippen LogP contribution in [0.15, 0.2) is 35.4 Å². The first-order valence-electron chi connectivity index (χ1n) is 3.62. The maximum absolute atomic E-state index is 11.2. The minimum atomic E-state index is -3.28. The van der Waals surface area contributed by atoms with E-state index >= 15 is 0 Å². The van der Waals surface area contributed by atoms with Crippen molar-refractivity contribution in [3.05, 3.63) is 30.5 Å². The van der Waals surface area contributed by atoms with E-state index in [1.807, 2.05) is 12.1 Å². The van der Waals surface area contributed by atoms with E-state index in [0.29, 0.717) is 5.39 Å². The van der Waals surface area contributed by atoms with E-state index in [1.165, 1.54) is 6.20 Å². The average Bonchev–Trinajstić information content (AvgIpc) is 2.45. The Bertz CT molecular complexity index is 542. The molecule has 2 aromatic rings. The predicted octanol–water partition coefficient (Wildman–Crippen LogP) is 1.75. The van der Waals surface area contributed by atoms with Crippen LogP contribution in [0.3, 0.4) is 0 Å². The van der Waals surface area contributed by atoms with Gasteiger partial charge in [0.15, 0.2) is 8.77 Å². The third-order valence-electron chi connectivity index (χ3n) is 1.83. The van der Waals surface area contributed by atoms with E-state index < -0.39 is 8.77 Å². The Morgan fingerprint density at radius 3 is 2.77 bits per heavy atom. The van der Waals surface area contributed by atoms with Crippen LogP contribution in [0.25, 0.3) is 10.9 Å². The number of hydrogen-bond acceptors (Lipinski definition) is 2. The van der Waals surface area contributed by atoms with Crippen LogP contribution >= 0.6 is 0 Å². The molecule has 68 valence electrons. The summed E-state index contributed by atoms with van der Waals surface area (Å²) in [5, 5.41) is 0.713. The molecular formula is C8H7NO2S2. The number of H-pyrrole nitrogens is 1. The SMILES string of the molecule is O=S(O)(=S)c1c[nH]c2ccccc12. The molecule has 0 radical (unpaired) electrons. The van der Waals surface area contributed by atoms with Gasteiger partial charge >= 0.3 is 0 Å². The molecule has 0 aliphatic carbocycles. The van der Waals surface area contributed by atoms with E-state index in [0.717, 1.165) is 5.52 Å². The van der Waals surface area contributed by atoms with Gasteiger partial charge in [-0.3, -0.25) is 0 Å². The van der Waals surface area contributed by atoms with E-state index in [9.17, 15) is 8.76 Å². The lowest BCUT2D eigenvalue weighted by Crippen LogP contribution is -1.93. The molecule has 0 aliphatic rings. The molecule has 0 spiro atoms. The van der Waals surface area contributed by atoms with Gasteiger partial charge in [0.2, 0.25) is 0 Å². The molecule has 3 nitrogen and oxygen atoms in total. The second-order valence-electron chi connectivity index (χ2n) is 2.67. The Morgan fingerprint density at radius 2 is 2.08 bits per heavy atom. The van der Waals surface area contributed by atoms with Crippen LogP contribution in [-0.4, -0.2) is 13.7 Å². The summed E-state index contributed by atoms with van der Waals surface area (Å²) in [4.78, 5) is 3.18. The number of hydrogen-bond donors (Lipinski definition) is 2. The first-order valence-corrected chi connectivity index (χ1v) is 6.06. The van der Waals surface area contributed by atoms with Gasteiger partial charge in [-0.25, -0.2) is 4.21 Å². The van der Waals surface area contributed by atoms with E-state index in [1.54, 1.807) is 12.1 Å². The van der Waals surface area contributed by atoms with Gasteiger partial charge in [0.25, 0.3) is 0 Å². The van der Waals surface area contributed by atoms with Crippen LogP contribution in [-0.2, 0) is 20.0 Å². The molecule has 2 rings (SSSR count). The highest BCUT2D eigenvalue weighted by Crippen LogP contribution is 2.21. The molecule has 1 heterocycles. The van der Waals surface area contributed by atoms with Crippen LogP contribution in [0, 0.1) is 0 Å². The van der Waals surface area contributed by atoms with Crippen LogP contribution in [0.5, 0.6) is 0 Å². The second kappa shape index (κ2) is 2.80. The molecule has 0 saturated heterocycles. The van der Waals surface area contributed by atoms with Crippen molar-refractivity contribution < 1.29 is 8.76 Å². The molecular weight excluding hydrogens is 206 g/mol. The van der Waals surface area contributed by atoms with Crippen molar-refractivity contribution in [1.82, 2.24) is 4.98 Å². The molecule has 0 aliphatic heterocycles. The maximum atomic E-state index is 11.2. The summed E-state index contributed by atoms with van der Waals surface area (Å²) in [5.74, 6) is 0. The normalized spacial score (nSPS) is 15.8. The minimum Gasteiger partial charge on any atom is -0.360 e. The predicted molar refractivity (Wildman–Crippen MR) is 54.7 cm³/mol. The molecule has 1 aromatic heterocycles. The Kier molecular flexibility index (Phi) is 1.87. The molecule has 1 unspecified atom stereocenters. The number of fused-ring (bicyclic) bond motifs is 1.